The molecule has 0 aromatic carbocycles. The highest BCUT2D eigenvalue weighted by Crippen LogP contribution is 2.44. The fraction of sp³-hybridized carbons (Fsp3) is 0.667. The molecule has 1 heteroatoms. The topological polar surface area (TPSA) is 17.1 Å². The summed E-state index contributed by atoms with van der Waals surface area (Å²) in [6.45, 7) is 9.03. The van der Waals surface area contributed by atoms with Crippen molar-refractivity contribution in [3.63, 3.8) is 0 Å². The highest BCUT2D eigenvalue weighted by Gasteiger charge is 2.34. The molecule has 1 aliphatic rings. The van der Waals surface area contributed by atoms with Crippen molar-refractivity contribution in [3.05, 3.63) is 23.8 Å². The van der Waals surface area contributed by atoms with Gasteiger partial charge >= 0.3 is 0 Å². The summed E-state index contributed by atoms with van der Waals surface area (Å²) in [5, 5.41) is 0. The highest BCUT2D eigenvalue weighted by atomic mass is 16.1. The molecule has 0 radical (unpaired) electrons. The Morgan fingerprint density at radius 1 is 1.38 bits per heavy atom. The quantitative estimate of drug-likeness (QED) is 0.397. The first-order valence-electron chi connectivity index (χ1n) is 6.27. The summed E-state index contributed by atoms with van der Waals surface area (Å²) in [6.07, 6.45) is 10.9. The first kappa shape index (κ1) is 13.2. The van der Waals surface area contributed by atoms with Gasteiger partial charge in [0.15, 0.2) is 0 Å². The Morgan fingerprint density at radius 2 is 2.06 bits per heavy atom. The second kappa shape index (κ2) is 5.47. The van der Waals surface area contributed by atoms with Crippen LogP contribution in [0.2, 0.25) is 0 Å². The smallest absolute Gasteiger partial charge is 0.143 e. The van der Waals surface area contributed by atoms with Gasteiger partial charge in [0.25, 0.3) is 0 Å². The number of carbonyl (C=O) groups is 1. The third-order valence-electron chi connectivity index (χ3n) is 3.89. The van der Waals surface area contributed by atoms with Gasteiger partial charge in [-0.2, -0.15) is 0 Å². The Hall–Kier alpha value is -0.850. The molecule has 0 amide bonds. The summed E-state index contributed by atoms with van der Waals surface area (Å²) in [5.74, 6) is 1.39. The van der Waals surface area contributed by atoms with Crippen molar-refractivity contribution in [2.75, 3.05) is 0 Å². The molecule has 1 nitrogen and oxygen atoms in total. The number of allylic oxidation sites excluding steroid dienone is 4. The lowest BCUT2D eigenvalue weighted by Gasteiger charge is -2.41. The fourth-order valence-electron chi connectivity index (χ4n) is 2.86. The molecule has 0 spiro atoms. The van der Waals surface area contributed by atoms with Crippen molar-refractivity contribution in [1.82, 2.24) is 0 Å². The Morgan fingerprint density at radius 3 is 2.62 bits per heavy atom. The Balaban J connectivity index is 2.76. The molecule has 0 aromatic heterocycles. The standard InChI is InChI=1S/C15H24O/c1-12(9-11-16)7-8-14-13(2)6-5-10-15(14,3)4/h7-9,11,13-14H,5-6,10H2,1-4H3/b8-7+,12-9+/t13-,14-/m1/s1. The lowest BCUT2D eigenvalue weighted by atomic mass is 9.64. The second-order valence-electron chi connectivity index (χ2n) is 5.79. The van der Waals surface area contributed by atoms with Gasteiger partial charge in [0.1, 0.15) is 6.29 Å². The fourth-order valence-corrected chi connectivity index (χ4v) is 2.86. The minimum Gasteiger partial charge on any atom is -0.299 e. The van der Waals surface area contributed by atoms with Crippen molar-refractivity contribution in [2.45, 2.75) is 47.0 Å². The minimum absolute atomic E-state index is 0.398. The molecule has 1 saturated carbocycles. The van der Waals surface area contributed by atoms with Crippen LogP contribution in [0.1, 0.15) is 47.0 Å². The van der Waals surface area contributed by atoms with Gasteiger partial charge in [-0.05, 0) is 42.2 Å². The van der Waals surface area contributed by atoms with Gasteiger partial charge in [0.2, 0.25) is 0 Å². The largest absolute Gasteiger partial charge is 0.299 e. The maximum atomic E-state index is 10.3. The molecular formula is C15H24O. The van der Waals surface area contributed by atoms with Crippen molar-refractivity contribution in [1.29, 1.82) is 0 Å². The summed E-state index contributed by atoms with van der Waals surface area (Å²) in [6, 6.07) is 0. The molecule has 0 aromatic rings. The zero-order valence-corrected chi connectivity index (χ0v) is 11.0. The molecule has 16 heavy (non-hydrogen) atoms. The summed E-state index contributed by atoms with van der Waals surface area (Å²) in [4.78, 5) is 10.3. The lowest BCUT2D eigenvalue weighted by molar-refractivity contribution is -0.104. The summed E-state index contributed by atoms with van der Waals surface area (Å²) in [5.41, 5.74) is 1.44. The monoisotopic (exact) mass is 220 g/mol. The maximum Gasteiger partial charge on any atom is 0.143 e. The van der Waals surface area contributed by atoms with Crippen LogP contribution in [0, 0.1) is 17.3 Å². The first-order valence-corrected chi connectivity index (χ1v) is 6.27. The van der Waals surface area contributed by atoms with Crippen LogP contribution in [-0.2, 0) is 4.79 Å². The molecule has 0 unspecified atom stereocenters. The van der Waals surface area contributed by atoms with Crippen molar-refractivity contribution in [2.24, 2.45) is 17.3 Å². The Kier molecular flexibility index (Phi) is 4.52. The van der Waals surface area contributed by atoms with Crippen LogP contribution in [0.3, 0.4) is 0 Å². The van der Waals surface area contributed by atoms with E-state index < -0.39 is 0 Å². The average Bonchev–Trinajstić information content (AvgIpc) is 2.16. The predicted molar refractivity (Wildman–Crippen MR) is 69.2 cm³/mol. The van der Waals surface area contributed by atoms with Gasteiger partial charge in [-0.25, -0.2) is 0 Å². The maximum absolute atomic E-state index is 10.3. The molecule has 0 saturated heterocycles. The van der Waals surface area contributed by atoms with E-state index in [4.69, 9.17) is 0 Å². The number of carbonyl (C=O) groups excluding carboxylic acids is 1. The summed E-state index contributed by atoms with van der Waals surface area (Å²) >= 11 is 0. The predicted octanol–water partition coefficient (Wildman–Crippen LogP) is 4.15. The lowest BCUT2D eigenvalue weighted by Crippen LogP contribution is -2.32. The first-order chi connectivity index (χ1) is 7.47. The molecule has 1 rings (SSSR count). The van der Waals surface area contributed by atoms with E-state index >= 15 is 0 Å². The van der Waals surface area contributed by atoms with E-state index in [1.807, 2.05) is 6.92 Å². The van der Waals surface area contributed by atoms with Crippen molar-refractivity contribution < 1.29 is 4.79 Å². The molecule has 0 bridgehead atoms. The van der Waals surface area contributed by atoms with Crippen LogP contribution in [-0.4, -0.2) is 6.29 Å². The van der Waals surface area contributed by atoms with Crippen LogP contribution in [0.25, 0.3) is 0 Å². The molecule has 1 fully saturated rings. The van der Waals surface area contributed by atoms with Crippen molar-refractivity contribution >= 4 is 6.29 Å². The van der Waals surface area contributed by atoms with E-state index in [0.29, 0.717) is 11.3 Å². The van der Waals surface area contributed by atoms with Gasteiger partial charge in [-0.1, -0.05) is 45.8 Å². The van der Waals surface area contributed by atoms with E-state index in [-0.39, 0.29) is 0 Å². The highest BCUT2D eigenvalue weighted by molar-refractivity contribution is 5.66. The third-order valence-corrected chi connectivity index (χ3v) is 3.89. The molecule has 90 valence electrons. The van der Waals surface area contributed by atoms with Crippen LogP contribution in [0.5, 0.6) is 0 Å². The van der Waals surface area contributed by atoms with Crippen LogP contribution >= 0.6 is 0 Å². The van der Waals surface area contributed by atoms with E-state index in [2.05, 4.69) is 32.9 Å². The van der Waals surface area contributed by atoms with Crippen LogP contribution in [0.15, 0.2) is 23.8 Å². The number of hydrogen-bond donors (Lipinski definition) is 0. The van der Waals surface area contributed by atoms with Crippen LogP contribution in [0.4, 0.5) is 0 Å². The van der Waals surface area contributed by atoms with Crippen molar-refractivity contribution in [3.8, 4) is 0 Å². The van der Waals surface area contributed by atoms with Gasteiger partial charge in [0, 0.05) is 0 Å². The van der Waals surface area contributed by atoms with Gasteiger partial charge in [0.05, 0.1) is 0 Å². The van der Waals surface area contributed by atoms with E-state index in [9.17, 15) is 4.79 Å². The number of hydrogen-bond acceptors (Lipinski definition) is 1. The Bertz CT molecular complexity index is 297. The molecule has 0 heterocycles. The SMILES string of the molecule is CC(/C=C/[C@@H]1[C@H](C)CCCC1(C)C)=C\C=O. The van der Waals surface area contributed by atoms with Gasteiger partial charge < -0.3 is 0 Å². The molecule has 0 aliphatic heterocycles. The number of aldehydes is 1. The molecular weight excluding hydrogens is 196 g/mol. The summed E-state index contributed by atoms with van der Waals surface area (Å²) in [7, 11) is 0. The third kappa shape index (κ3) is 3.33. The molecule has 0 N–H and O–H groups in total. The van der Waals surface area contributed by atoms with Crippen LogP contribution < -0.4 is 0 Å². The second-order valence-corrected chi connectivity index (χ2v) is 5.79. The van der Waals surface area contributed by atoms with E-state index in [0.717, 1.165) is 17.8 Å². The zero-order valence-electron chi connectivity index (χ0n) is 11.0. The molecule has 1 aliphatic carbocycles. The number of rotatable bonds is 3. The normalized spacial score (nSPS) is 30.6. The summed E-state index contributed by atoms with van der Waals surface area (Å²) < 4.78 is 0. The molecule has 2 atom stereocenters. The minimum atomic E-state index is 0.398. The zero-order chi connectivity index (χ0) is 12.2. The van der Waals surface area contributed by atoms with Gasteiger partial charge in [-0.3, -0.25) is 4.79 Å². The van der Waals surface area contributed by atoms with E-state index in [1.54, 1.807) is 6.08 Å². The van der Waals surface area contributed by atoms with Gasteiger partial charge in [-0.15, -0.1) is 0 Å². The average molecular weight is 220 g/mol. The van der Waals surface area contributed by atoms with E-state index in [1.165, 1.54) is 19.3 Å². The Labute approximate surface area is 99.6 Å².